The van der Waals surface area contributed by atoms with Crippen LogP contribution in [0.15, 0.2) is 5.28 Å². The topological polar surface area (TPSA) is 80.4 Å². The van der Waals surface area contributed by atoms with Gasteiger partial charge < -0.3 is 19.7 Å². The normalized spacial score (nSPS) is 16.7. The Morgan fingerprint density at radius 3 is 2.67 bits per heavy atom. The van der Waals surface area contributed by atoms with Crippen LogP contribution >= 0.6 is 15.9 Å². The largest absolute Gasteiger partial charge is 0.569 e. The third-order valence-corrected chi connectivity index (χ3v) is 2.64. The van der Waals surface area contributed by atoms with Crippen LogP contribution in [0.5, 0.6) is 0 Å². The number of carbonyl (C=O) groups is 1. The summed E-state index contributed by atoms with van der Waals surface area (Å²) in [6, 6.07) is 0. The zero-order chi connectivity index (χ0) is 13.4. The molecule has 0 bridgehead atoms. The molecule has 0 aromatic carbocycles. The molecule has 1 amide bonds. The predicted molar refractivity (Wildman–Crippen MR) is 66.0 cm³/mol. The van der Waals surface area contributed by atoms with Crippen molar-refractivity contribution in [2.45, 2.75) is 6.92 Å². The van der Waals surface area contributed by atoms with Gasteiger partial charge in [-0.2, -0.15) is 0 Å². The van der Waals surface area contributed by atoms with Crippen LogP contribution in [-0.4, -0.2) is 65.7 Å². The van der Waals surface area contributed by atoms with Gasteiger partial charge in [0.25, 0.3) is 0 Å². The lowest BCUT2D eigenvalue weighted by Gasteiger charge is -2.30. The number of piperazine rings is 1. The minimum Gasteiger partial charge on any atom is -0.569 e. The SMILES string of the molecule is CCOC(=O)N1CCN(/[N+]([O-])=N/OCCBr)CC1. The van der Waals surface area contributed by atoms with Crippen LogP contribution in [0.3, 0.4) is 0 Å². The molecular formula is C9H17BrN4O4. The fourth-order valence-electron chi connectivity index (χ4n) is 1.44. The Hall–Kier alpha value is -1.25. The number of rotatable bonds is 5. The summed E-state index contributed by atoms with van der Waals surface area (Å²) in [5, 5.41) is 16.9. The van der Waals surface area contributed by atoms with Gasteiger partial charge in [0.05, 0.1) is 24.7 Å². The van der Waals surface area contributed by atoms with E-state index in [1.54, 1.807) is 11.8 Å². The van der Waals surface area contributed by atoms with E-state index in [1.165, 1.54) is 5.01 Å². The molecule has 0 aliphatic carbocycles. The molecule has 0 radical (unpaired) electrons. The van der Waals surface area contributed by atoms with Crippen LogP contribution in [-0.2, 0) is 9.57 Å². The first-order valence-electron chi connectivity index (χ1n) is 5.71. The first-order chi connectivity index (χ1) is 8.69. The van der Waals surface area contributed by atoms with Gasteiger partial charge in [-0.3, -0.25) is 0 Å². The monoisotopic (exact) mass is 324 g/mol. The van der Waals surface area contributed by atoms with E-state index in [9.17, 15) is 10.0 Å². The first kappa shape index (κ1) is 14.8. The lowest BCUT2D eigenvalue weighted by molar-refractivity contribution is -0.712. The van der Waals surface area contributed by atoms with Gasteiger partial charge in [0.2, 0.25) is 5.28 Å². The second kappa shape index (κ2) is 7.96. The zero-order valence-corrected chi connectivity index (χ0v) is 11.8. The van der Waals surface area contributed by atoms with Crippen LogP contribution in [0.4, 0.5) is 4.79 Å². The summed E-state index contributed by atoms with van der Waals surface area (Å²) in [6.07, 6.45) is -0.345. The minimum atomic E-state index is -0.345. The summed E-state index contributed by atoms with van der Waals surface area (Å²) in [5.41, 5.74) is 0. The van der Waals surface area contributed by atoms with E-state index in [1.807, 2.05) is 0 Å². The minimum absolute atomic E-state index is 0.335. The van der Waals surface area contributed by atoms with E-state index in [0.717, 1.165) is 0 Å². The van der Waals surface area contributed by atoms with Crippen molar-refractivity contribution in [3.05, 3.63) is 5.21 Å². The number of alkyl halides is 1. The van der Waals surface area contributed by atoms with E-state index in [-0.39, 0.29) is 6.09 Å². The molecule has 0 spiro atoms. The molecule has 1 heterocycles. The average molecular weight is 325 g/mol. The van der Waals surface area contributed by atoms with Gasteiger partial charge in [0.15, 0.2) is 0 Å². The van der Waals surface area contributed by atoms with Gasteiger partial charge in [0.1, 0.15) is 6.61 Å². The standard InChI is InChI=1S/C9H17BrN4O4/c1-2-17-9(15)12-4-6-13(7-5-12)14(16)11-18-8-3-10/h2-8H2,1H3/b14-11-. The molecule has 0 aromatic rings. The molecule has 8 nitrogen and oxygen atoms in total. The molecule has 0 aromatic heterocycles. The Morgan fingerprint density at radius 2 is 2.11 bits per heavy atom. The highest BCUT2D eigenvalue weighted by molar-refractivity contribution is 9.09. The fourth-order valence-corrected chi connectivity index (χ4v) is 1.59. The molecule has 104 valence electrons. The van der Waals surface area contributed by atoms with E-state index < -0.39 is 0 Å². The first-order valence-corrected chi connectivity index (χ1v) is 6.84. The smallest absolute Gasteiger partial charge is 0.409 e. The van der Waals surface area contributed by atoms with Gasteiger partial charge in [-0.15, -0.1) is 5.01 Å². The number of nitrogens with zero attached hydrogens (tertiary/aromatic N) is 4. The molecule has 1 rings (SSSR count). The van der Waals surface area contributed by atoms with Crippen LogP contribution < -0.4 is 0 Å². The Labute approximate surface area is 114 Å². The summed E-state index contributed by atoms with van der Waals surface area (Å²) >= 11 is 3.16. The lowest BCUT2D eigenvalue weighted by atomic mass is 10.4. The zero-order valence-electron chi connectivity index (χ0n) is 10.2. The van der Waals surface area contributed by atoms with Crippen molar-refractivity contribution in [3.8, 4) is 0 Å². The maximum Gasteiger partial charge on any atom is 0.409 e. The summed E-state index contributed by atoms with van der Waals surface area (Å²) in [6.45, 7) is 4.13. The molecule has 18 heavy (non-hydrogen) atoms. The van der Waals surface area contributed by atoms with Crippen molar-refractivity contribution < 1.29 is 19.3 Å². The van der Waals surface area contributed by atoms with E-state index in [2.05, 4.69) is 21.2 Å². The number of hydrogen-bond acceptors (Lipinski definition) is 5. The molecule has 0 atom stereocenters. The summed E-state index contributed by atoms with van der Waals surface area (Å²) in [5.74, 6) is 0. The maximum absolute atomic E-state index is 11.5. The number of ether oxygens (including phenoxy) is 1. The second-order valence-electron chi connectivity index (χ2n) is 3.50. The molecular weight excluding hydrogens is 308 g/mol. The average Bonchev–Trinajstić information content (AvgIpc) is 2.39. The fraction of sp³-hybridized carbons (Fsp3) is 0.889. The Balaban J connectivity index is 2.34. The molecule has 0 unspecified atom stereocenters. The van der Waals surface area contributed by atoms with Crippen molar-refractivity contribution >= 4 is 22.0 Å². The Kier molecular flexibility index (Phi) is 6.55. The Morgan fingerprint density at radius 1 is 1.44 bits per heavy atom. The van der Waals surface area contributed by atoms with Crippen molar-refractivity contribution in [2.24, 2.45) is 5.28 Å². The predicted octanol–water partition coefficient (Wildman–Crippen LogP) is 0.965. The number of hydrazine groups is 1. The quantitative estimate of drug-likeness (QED) is 0.247. The number of hydrogen-bond donors (Lipinski definition) is 0. The van der Waals surface area contributed by atoms with Crippen molar-refractivity contribution in [1.29, 1.82) is 0 Å². The number of amides is 1. The summed E-state index contributed by atoms with van der Waals surface area (Å²) in [7, 11) is 0. The van der Waals surface area contributed by atoms with Crippen LogP contribution in [0, 0.1) is 5.21 Å². The molecule has 0 saturated carbocycles. The molecule has 0 N–H and O–H groups in total. The van der Waals surface area contributed by atoms with Gasteiger partial charge in [-0.25, -0.2) is 4.79 Å². The van der Waals surface area contributed by atoms with Crippen molar-refractivity contribution in [1.82, 2.24) is 9.91 Å². The Bertz CT molecular complexity index is 294. The highest BCUT2D eigenvalue weighted by atomic mass is 79.9. The molecule has 1 saturated heterocycles. The lowest BCUT2D eigenvalue weighted by Crippen LogP contribution is -2.50. The molecule has 9 heteroatoms. The van der Waals surface area contributed by atoms with Crippen LogP contribution in [0.1, 0.15) is 6.92 Å². The number of carbonyl (C=O) groups excluding carboxylic acids is 1. The van der Waals surface area contributed by atoms with Crippen molar-refractivity contribution in [3.63, 3.8) is 0 Å². The summed E-state index contributed by atoms with van der Waals surface area (Å²) < 4.78 is 4.88. The van der Waals surface area contributed by atoms with E-state index >= 15 is 0 Å². The highest BCUT2D eigenvalue weighted by Crippen LogP contribution is 2.04. The second-order valence-corrected chi connectivity index (χ2v) is 4.29. The molecule has 1 aliphatic heterocycles. The van der Waals surface area contributed by atoms with Gasteiger partial charge in [-0.05, 0) is 6.92 Å². The highest BCUT2D eigenvalue weighted by Gasteiger charge is 2.25. The third-order valence-electron chi connectivity index (χ3n) is 2.32. The van der Waals surface area contributed by atoms with E-state index in [0.29, 0.717) is 49.7 Å². The third kappa shape index (κ3) is 4.55. The summed E-state index contributed by atoms with van der Waals surface area (Å²) in [4.78, 5) is 18.2. The number of halogens is 1. The van der Waals surface area contributed by atoms with Gasteiger partial charge in [-0.1, -0.05) is 15.9 Å². The van der Waals surface area contributed by atoms with Gasteiger partial charge >= 0.3 is 6.09 Å². The van der Waals surface area contributed by atoms with Crippen LogP contribution in [0.25, 0.3) is 0 Å². The molecule has 1 aliphatic rings. The maximum atomic E-state index is 11.5. The van der Waals surface area contributed by atoms with E-state index in [4.69, 9.17) is 9.57 Å². The van der Waals surface area contributed by atoms with Gasteiger partial charge in [0, 0.05) is 18.4 Å². The van der Waals surface area contributed by atoms with Crippen molar-refractivity contribution in [2.75, 3.05) is 44.7 Å². The molecule has 1 fully saturated rings. The van der Waals surface area contributed by atoms with Crippen LogP contribution in [0.2, 0.25) is 0 Å².